The topological polar surface area (TPSA) is 65.0 Å². The number of hydrogen-bond donors (Lipinski definition) is 1. The summed E-state index contributed by atoms with van der Waals surface area (Å²) >= 11 is 0. The lowest BCUT2D eigenvalue weighted by atomic mass is 10.0. The van der Waals surface area contributed by atoms with Gasteiger partial charge in [-0.25, -0.2) is 5.26 Å². The molecule has 0 saturated heterocycles. The maximum atomic E-state index is 12.4. The Balaban J connectivity index is 1.66. The molecule has 0 fully saturated rings. The number of Topliss-reactive ketones (excluding diaryl/α,β-unsaturated/α-hetero) is 1. The summed E-state index contributed by atoms with van der Waals surface area (Å²) < 4.78 is 11.2. The molecular weight excluding hydrogens is 308 g/mol. The summed E-state index contributed by atoms with van der Waals surface area (Å²) in [6.07, 6.45) is 9.28. The van der Waals surface area contributed by atoms with Crippen LogP contribution in [0.2, 0.25) is 0 Å². The van der Waals surface area contributed by atoms with Crippen LogP contribution in [0, 0.1) is 0 Å². The number of carbonyl (C=O) groups is 1. The minimum absolute atomic E-state index is 0.116. The average Bonchev–Trinajstić information content (AvgIpc) is 2.62. The molecule has 5 heteroatoms. The van der Waals surface area contributed by atoms with Gasteiger partial charge >= 0.3 is 0 Å². The zero-order valence-electron chi connectivity index (χ0n) is 14.5. The van der Waals surface area contributed by atoms with Gasteiger partial charge < -0.3 is 14.4 Å². The Morgan fingerprint density at radius 1 is 1.12 bits per heavy atom. The molecule has 2 rings (SSSR count). The highest BCUT2D eigenvalue weighted by Gasteiger charge is 2.29. The van der Waals surface area contributed by atoms with Gasteiger partial charge in [-0.3, -0.25) is 4.79 Å². The van der Waals surface area contributed by atoms with Gasteiger partial charge in [-0.15, -0.1) is 0 Å². The normalized spacial score (nSPS) is 16.6. The summed E-state index contributed by atoms with van der Waals surface area (Å²) in [6, 6.07) is 4.64. The molecule has 0 spiro atoms. The number of carbonyl (C=O) groups excluding carboxylic acids is 1. The summed E-state index contributed by atoms with van der Waals surface area (Å²) in [4.78, 5) is 16.6. The maximum Gasteiger partial charge on any atom is 0.198 e. The van der Waals surface area contributed by atoms with E-state index in [1.807, 2.05) is 0 Å². The highest BCUT2D eigenvalue weighted by atomic mass is 17.1. The number of rotatable bonds is 11. The quantitative estimate of drug-likeness (QED) is 0.362. The minimum atomic E-state index is -0.573. The zero-order chi connectivity index (χ0) is 17.2. The summed E-state index contributed by atoms with van der Waals surface area (Å²) in [6.45, 7) is 3.03. The fourth-order valence-corrected chi connectivity index (χ4v) is 2.88. The number of unbranched alkanes of at least 4 members (excludes halogenated alkanes) is 7. The van der Waals surface area contributed by atoms with E-state index in [1.165, 1.54) is 44.6 Å². The minimum Gasteiger partial charge on any atom is -0.490 e. The third-order valence-electron chi connectivity index (χ3n) is 4.32. The lowest BCUT2D eigenvalue weighted by Gasteiger charge is -2.24. The molecule has 24 heavy (non-hydrogen) atoms. The number of benzene rings is 1. The van der Waals surface area contributed by atoms with E-state index in [1.54, 1.807) is 12.1 Å². The smallest absolute Gasteiger partial charge is 0.198 e. The van der Waals surface area contributed by atoms with Crippen molar-refractivity contribution in [1.82, 2.24) is 0 Å². The molecule has 0 saturated carbocycles. The first kappa shape index (κ1) is 18.7. The molecule has 134 valence electrons. The number of ether oxygens (including phenoxy) is 2. The molecule has 1 atom stereocenters. The fraction of sp³-hybridized carbons (Fsp3) is 0.632. The van der Waals surface area contributed by atoms with E-state index >= 15 is 0 Å². The molecule has 1 N–H and O–H groups in total. The van der Waals surface area contributed by atoms with Crippen molar-refractivity contribution in [2.75, 3.05) is 13.2 Å². The second-order valence-corrected chi connectivity index (χ2v) is 6.26. The van der Waals surface area contributed by atoms with Crippen molar-refractivity contribution in [3.8, 4) is 11.5 Å². The monoisotopic (exact) mass is 336 g/mol. The second kappa shape index (κ2) is 10.3. The molecule has 1 aliphatic heterocycles. The number of hydrogen-bond acceptors (Lipinski definition) is 5. The molecule has 1 aromatic rings. The van der Waals surface area contributed by atoms with Gasteiger partial charge in [-0.05, 0) is 24.6 Å². The Morgan fingerprint density at radius 3 is 2.54 bits per heavy atom. The van der Waals surface area contributed by atoms with E-state index in [2.05, 4.69) is 11.8 Å². The van der Waals surface area contributed by atoms with Crippen LogP contribution in [0.1, 0.15) is 68.6 Å². The van der Waals surface area contributed by atoms with Crippen LogP contribution in [0.3, 0.4) is 0 Å². The molecular formula is C19H28O5. The fourth-order valence-electron chi connectivity index (χ4n) is 2.88. The SMILES string of the molecule is CCCCCCCCCCOC1COc2ccc(OO)cc2C1=O. The molecule has 0 aliphatic carbocycles. The van der Waals surface area contributed by atoms with E-state index in [0.29, 0.717) is 17.9 Å². The largest absolute Gasteiger partial charge is 0.490 e. The van der Waals surface area contributed by atoms with Gasteiger partial charge in [0, 0.05) is 6.61 Å². The molecule has 1 unspecified atom stereocenters. The standard InChI is InChI=1S/C19H28O5/c1-2-3-4-5-6-7-8-9-12-22-18-14-23-17-11-10-15(24-21)13-16(17)19(18)20/h10-11,13,18,21H,2-9,12,14H2,1H3. The zero-order valence-corrected chi connectivity index (χ0v) is 14.5. The van der Waals surface area contributed by atoms with Crippen LogP contribution in [0.15, 0.2) is 18.2 Å². The molecule has 0 aromatic heterocycles. The Hall–Kier alpha value is -1.59. The summed E-state index contributed by atoms with van der Waals surface area (Å²) in [5.41, 5.74) is 0.397. The van der Waals surface area contributed by atoms with E-state index in [-0.39, 0.29) is 18.1 Å². The van der Waals surface area contributed by atoms with Gasteiger partial charge in [0.05, 0.1) is 5.56 Å². The van der Waals surface area contributed by atoms with Gasteiger partial charge in [0.2, 0.25) is 0 Å². The van der Waals surface area contributed by atoms with Crippen LogP contribution in [0.5, 0.6) is 11.5 Å². The second-order valence-electron chi connectivity index (χ2n) is 6.26. The Morgan fingerprint density at radius 2 is 1.83 bits per heavy atom. The third kappa shape index (κ3) is 5.49. The van der Waals surface area contributed by atoms with Crippen molar-refractivity contribution in [3.63, 3.8) is 0 Å². The molecule has 5 nitrogen and oxygen atoms in total. The van der Waals surface area contributed by atoms with Crippen LogP contribution < -0.4 is 9.62 Å². The maximum absolute atomic E-state index is 12.4. The molecule has 0 amide bonds. The van der Waals surface area contributed by atoms with Crippen LogP contribution in [0.4, 0.5) is 0 Å². The highest BCUT2D eigenvalue weighted by Crippen LogP contribution is 2.29. The number of fused-ring (bicyclic) bond motifs is 1. The van der Waals surface area contributed by atoms with Crippen LogP contribution >= 0.6 is 0 Å². The Kier molecular flexibility index (Phi) is 8.05. The van der Waals surface area contributed by atoms with Gasteiger partial charge in [-0.2, -0.15) is 0 Å². The van der Waals surface area contributed by atoms with Crippen molar-refractivity contribution >= 4 is 5.78 Å². The van der Waals surface area contributed by atoms with Crippen LogP contribution in [-0.2, 0) is 4.74 Å². The first-order valence-corrected chi connectivity index (χ1v) is 9.00. The summed E-state index contributed by atoms with van der Waals surface area (Å²) in [5.74, 6) is 0.608. The lowest BCUT2D eigenvalue weighted by molar-refractivity contribution is -0.137. The predicted octanol–water partition coefficient (Wildman–Crippen LogP) is 4.64. The molecule has 0 bridgehead atoms. The van der Waals surface area contributed by atoms with Crippen LogP contribution in [0.25, 0.3) is 0 Å². The van der Waals surface area contributed by atoms with E-state index in [4.69, 9.17) is 14.7 Å². The van der Waals surface area contributed by atoms with E-state index in [9.17, 15) is 4.79 Å². The van der Waals surface area contributed by atoms with Crippen molar-refractivity contribution in [2.45, 2.75) is 64.4 Å². The third-order valence-corrected chi connectivity index (χ3v) is 4.32. The molecule has 1 heterocycles. The lowest BCUT2D eigenvalue weighted by Crippen LogP contribution is -2.35. The highest BCUT2D eigenvalue weighted by molar-refractivity contribution is 6.03. The van der Waals surface area contributed by atoms with Crippen molar-refractivity contribution in [1.29, 1.82) is 0 Å². The van der Waals surface area contributed by atoms with E-state index in [0.717, 1.165) is 12.8 Å². The number of ketones is 1. The Bertz CT molecular complexity index is 514. The van der Waals surface area contributed by atoms with Gasteiger partial charge in [0.25, 0.3) is 0 Å². The van der Waals surface area contributed by atoms with Gasteiger partial charge in [-0.1, -0.05) is 51.9 Å². The van der Waals surface area contributed by atoms with Crippen molar-refractivity contribution in [2.24, 2.45) is 0 Å². The van der Waals surface area contributed by atoms with Gasteiger partial charge in [0.1, 0.15) is 12.4 Å². The summed E-state index contributed by atoms with van der Waals surface area (Å²) in [5, 5.41) is 8.70. The molecule has 1 aliphatic rings. The first-order valence-electron chi connectivity index (χ1n) is 9.00. The predicted molar refractivity (Wildman–Crippen MR) is 91.9 cm³/mol. The molecule has 0 radical (unpaired) electrons. The van der Waals surface area contributed by atoms with Crippen molar-refractivity contribution in [3.05, 3.63) is 23.8 Å². The Labute approximate surface area is 143 Å². The van der Waals surface area contributed by atoms with Crippen LogP contribution in [-0.4, -0.2) is 30.4 Å². The molecule has 1 aromatic carbocycles. The van der Waals surface area contributed by atoms with Crippen molar-refractivity contribution < 1.29 is 24.4 Å². The first-order chi connectivity index (χ1) is 11.8. The van der Waals surface area contributed by atoms with E-state index < -0.39 is 6.10 Å². The average molecular weight is 336 g/mol. The van der Waals surface area contributed by atoms with Gasteiger partial charge in [0.15, 0.2) is 17.6 Å². The summed E-state index contributed by atoms with van der Waals surface area (Å²) in [7, 11) is 0.